The Morgan fingerprint density at radius 2 is 2.00 bits per heavy atom. The number of nitrogens with one attached hydrogen (secondary N) is 3. The van der Waals surface area contributed by atoms with Gasteiger partial charge in [-0.2, -0.15) is 0 Å². The van der Waals surface area contributed by atoms with Gasteiger partial charge in [0.15, 0.2) is 5.96 Å². The van der Waals surface area contributed by atoms with Gasteiger partial charge in [-0.3, -0.25) is 9.79 Å². The van der Waals surface area contributed by atoms with Crippen LogP contribution < -0.4 is 16.0 Å². The van der Waals surface area contributed by atoms with Crippen LogP contribution in [0.4, 0.5) is 10.1 Å². The summed E-state index contributed by atoms with van der Waals surface area (Å²) in [5, 5.41) is 11.0. The topological polar surface area (TPSA) is 65.5 Å². The lowest BCUT2D eigenvalue weighted by Crippen LogP contribution is -2.43. The standard InChI is InChI=1S/C18H23FN4OS/c1-13(10-16-4-3-9-25-16)11-21-18(20-2)22-12-17(24)23-15-7-5-14(19)6-8-15/h3-9,13H,10-12H2,1-2H3,(H,23,24)(H2,20,21,22). The van der Waals surface area contributed by atoms with Crippen LogP contribution in [0.1, 0.15) is 11.8 Å². The maximum atomic E-state index is 12.8. The highest BCUT2D eigenvalue weighted by Gasteiger charge is 2.08. The Balaban J connectivity index is 1.70. The number of guanidine groups is 1. The molecule has 0 saturated carbocycles. The van der Waals surface area contributed by atoms with Crippen LogP contribution in [0.15, 0.2) is 46.8 Å². The van der Waals surface area contributed by atoms with Gasteiger partial charge in [-0.05, 0) is 48.1 Å². The maximum absolute atomic E-state index is 12.8. The first kappa shape index (κ1) is 18.9. The Labute approximate surface area is 151 Å². The first-order chi connectivity index (χ1) is 12.1. The van der Waals surface area contributed by atoms with Gasteiger partial charge in [0.05, 0.1) is 6.54 Å². The van der Waals surface area contributed by atoms with Crippen LogP contribution in [0.25, 0.3) is 0 Å². The molecule has 2 aromatic rings. The minimum atomic E-state index is -0.336. The fraction of sp³-hybridized carbons (Fsp3) is 0.333. The van der Waals surface area contributed by atoms with Gasteiger partial charge in [-0.25, -0.2) is 4.39 Å². The molecule has 1 atom stereocenters. The number of anilines is 1. The number of hydrogen-bond acceptors (Lipinski definition) is 3. The summed E-state index contributed by atoms with van der Waals surface area (Å²) in [6.45, 7) is 3.01. The van der Waals surface area contributed by atoms with Crippen LogP contribution in [0, 0.1) is 11.7 Å². The minimum absolute atomic E-state index is 0.0797. The number of benzene rings is 1. The number of rotatable bonds is 7. The fourth-order valence-corrected chi connectivity index (χ4v) is 3.11. The fourth-order valence-electron chi connectivity index (χ4n) is 2.24. The Hall–Kier alpha value is -2.41. The molecule has 5 nitrogen and oxygen atoms in total. The molecule has 1 amide bonds. The summed E-state index contributed by atoms with van der Waals surface area (Å²) in [6, 6.07) is 9.84. The quantitative estimate of drug-likeness (QED) is 0.524. The number of thiophene rings is 1. The second-order valence-corrected chi connectivity index (χ2v) is 6.78. The highest BCUT2D eigenvalue weighted by molar-refractivity contribution is 7.09. The third-order valence-electron chi connectivity index (χ3n) is 3.52. The van der Waals surface area contributed by atoms with Gasteiger partial charge in [0.1, 0.15) is 5.82 Å². The van der Waals surface area contributed by atoms with E-state index in [-0.39, 0.29) is 18.3 Å². The molecular formula is C18H23FN4OS. The number of amides is 1. The predicted octanol–water partition coefficient (Wildman–Crippen LogP) is 2.87. The average Bonchev–Trinajstić information content (AvgIpc) is 3.10. The van der Waals surface area contributed by atoms with E-state index in [1.165, 1.54) is 29.1 Å². The molecule has 1 heterocycles. The van der Waals surface area contributed by atoms with E-state index < -0.39 is 0 Å². The maximum Gasteiger partial charge on any atom is 0.243 e. The zero-order valence-corrected chi connectivity index (χ0v) is 15.2. The summed E-state index contributed by atoms with van der Waals surface area (Å²) in [4.78, 5) is 17.4. The lowest BCUT2D eigenvalue weighted by Gasteiger charge is -2.15. The second-order valence-electron chi connectivity index (χ2n) is 5.75. The Morgan fingerprint density at radius 1 is 1.24 bits per heavy atom. The van der Waals surface area contributed by atoms with Crippen LogP contribution in [-0.2, 0) is 11.2 Å². The number of carbonyl (C=O) groups excluding carboxylic acids is 1. The molecule has 1 unspecified atom stereocenters. The van der Waals surface area contributed by atoms with E-state index in [1.54, 1.807) is 18.4 Å². The number of carbonyl (C=O) groups is 1. The van der Waals surface area contributed by atoms with Gasteiger partial charge in [-0.1, -0.05) is 13.0 Å². The molecule has 0 bridgehead atoms. The Kier molecular flexibility index (Phi) is 7.40. The molecule has 3 N–H and O–H groups in total. The van der Waals surface area contributed by atoms with Crippen LogP contribution in [0.5, 0.6) is 0 Å². The lowest BCUT2D eigenvalue weighted by molar-refractivity contribution is -0.115. The SMILES string of the molecule is CN=C(NCC(=O)Nc1ccc(F)cc1)NCC(C)Cc1cccs1. The molecule has 134 valence electrons. The summed E-state index contributed by atoms with van der Waals surface area (Å²) in [5.41, 5.74) is 0.556. The van der Waals surface area contributed by atoms with E-state index in [1.807, 2.05) is 0 Å². The van der Waals surface area contributed by atoms with E-state index in [4.69, 9.17) is 0 Å². The van der Waals surface area contributed by atoms with Crippen molar-refractivity contribution in [3.05, 3.63) is 52.5 Å². The molecule has 0 spiro atoms. The molecule has 0 aliphatic heterocycles. The van der Waals surface area contributed by atoms with Crippen LogP contribution in [-0.4, -0.2) is 32.0 Å². The normalized spacial score (nSPS) is 12.5. The predicted molar refractivity (Wildman–Crippen MR) is 102 cm³/mol. The van der Waals surface area contributed by atoms with Gasteiger partial charge >= 0.3 is 0 Å². The summed E-state index contributed by atoms with van der Waals surface area (Å²) in [7, 11) is 1.66. The van der Waals surface area contributed by atoms with Gasteiger partial charge in [0, 0.05) is 24.2 Å². The summed E-state index contributed by atoms with van der Waals surface area (Å²) in [5.74, 6) is 0.469. The summed E-state index contributed by atoms with van der Waals surface area (Å²) >= 11 is 1.76. The molecule has 0 radical (unpaired) electrons. The molecule has 1 aromatic heterocycles. The zero-order valence-electron chi connectivity index (χ0n) is 14.4. The lowest BCUT2D eigenvalue weighted by atomic mass is 10.1. The van der Waals surface area contributed by atoms with Crippen molar-refractivity contribution in [2.45, 2.75) is 13.3 Å². The van der Waals surface area contributed by atoms with Gasteiger partial charge in [-0.15, -0.1) is 11.3 Å². The van der Waals surface area contributed by atoms with E-state index in [0.29, 0.717) is 17.6 Å². The first-order valence-corrected chi connectivity index (χ1v) is 8.97. The van der Waals surface area contributed by atoms with E-state index in [9.17, 15) is 9.18 Å². The monoisotopic (exact) mass is 362 g/mol. The van der Waals surface area contributed by atoms with E-state index >= 15 is 0 Å². The van der Waals surface area contributed by atoms with Crippen molar-refractivity contribution in [1.82, 2.24) is 10.6 Å². The molecular weight excluding hydrogens is 339 g/mol. The van der Waals surface area contributed by atoms with Crippen molar-refractivity contribution in [2.24, 2.45) is 10.9 Å². The van der Waals surface area contributed by atoms with Gasteiger partial charge in [0.25, 0.3) is 0 Å². The van der Waals surface area contributed by atoms with Crippen molar-refractivity contribution in [3.8, 4) is 0 Å². The third kappa shape index (κ3) is 6.93. The molecule has 1 aromatic carbocycles. The third-order valence-corrected chi connectivity index (χ3v) is 4.41. The first-order valence-electron chi connectivity index (χ1n) is 8.09. The minimum Gasteiger partial charge on any atom is -0.356 e. The molecule has 0 saturated heterocycles. The number of hydrogen-bond donors (Lipinski definition) is 3. The zero-order chi connectivity index (χ0) is 18.1. The van der Waals surface area contributed by atoms with Crippen LogP contribution in [0.2, 0.25) is 0 Å². The van der Waals surface area contributed by atoms with Gasteiger partial charge in [0.2, 0.25) is 5.91 Å². The molecule has 2 rings (SSSR count). The summed E-state index contributed by atoms with van der Waals surface area (Å²) in [6.07, 6.45) is 1.01. The smallest absolute Gasteiger partial charge is 0.243 e. The van der Waals surface area contributed by atoms with Crippen molar-refractivity contribution >= 4 is 28.9 Å². The van der Waals surface area contributed by atoms with E-state index in [0.717, 1.165) is 13.0 Å². The Morgan fingerprint density at radius 3 is 2.64 bits per heavy atom. The Bertz CT molecular complexity index is 686. The van der Waals surface area contributed by atoms with Crippen molar-refractivity contribution in [3.63, 3.8) is 0 Å². The van der Waals surface area contributed by atoms with Crippen molar-refractivity contribution in [2.75, 3.05) is 25.5 Å². The van der Waals surface area contributed by atoms with E-state index in [2.05, 4.69) is 45.4 Å². The van der Waals surface area contributed by atoms with Gasteiger partial charge < -0.3 is 16.0 Å². The van der Waals surface area contributed by atoms with Crippen LogP contribution in [0.3, 0.4) is 0 Å². The molecule has 0 aliphatic carbocycles. The summed E-state index contributed by atoms with van der Waals surface area (Å²) < 4.78 is 12.8. The average molecular weight is 362 g/mol. The molecule has 25 heavy (non-hydrogen) atoms. The number of nitrogens with zero attached hydrogens (tertiary/aromatic N) is 1. The number of halogens is 1. The number of aliphatic imine (C=N–C) groups is 1. The molecule has 7 heteroatoms. The highest BCUT2D eigenvalue weighted by Crippen LogP contribution is 2.13. The second kappa shape index (κ2) is 9.78. The molecule has 0 aliphatic rings. The van der Waals surface area contributed by atoms with Crippen LogP contribution >= 0.6 is 11.3 Å². The largest absolute Gasteiger partial charge is 0.356 e. The van der Waals surface area contributed by atoms with Crippen molar-refractivity contribution in [1.29, 1.82) is 0 Å². The highest BCUT2D eigenvalue weighted by atomic mass is 32.1. The molecule has 0 fully saturated rings. The van der Waals surface area contributed by atoms with Crippen molar-refractivity contribution < 1.29 is 9.18 Å².